The zero-order valence-corrected chi connectivity index (χ0v) is 14.8. The number of urea groups is 1. The van der Waals surface area contributed by atoms with E-state index in [4.69, 9.17) is 9.05 Å². The van der Waals surface area contributed by atoms with Gasteiger partial charge in [0.15, 0.2) is 5.82 Å². The molecule has 24 heavy (non-hydrogen) atoms. The maximum absolute atomic E-state index is 12.0. The largest absolute Gasteiger partial charge is 0.361 e. The van der Waals surface area contributed by atoms with Crippen LogP contribution in [0, 0.1) is 13.8 Å². The number of rotatable bonds is 7. The van der Waals surface area contributed by atoms with Crippen molar-refractivity contribution in [1.29, 1.82) is 0 Å². The fourth-order valence-corrected chi connectivity index (χ4v) is 2.47. The summed E-state index contributed by atoms with van der Waals surface area (Å²) >= 11 is 0. The lowest BCUT2D eigenvalue weighted by molar-refractivity contribution is 0.237. The standard InChI is InChI=1S/C16H25N5O3/c1-9(2)15-19-13(24-21-15)7-6-8-17-16(22)18-10(3)14-11(4)20-23-12(14)5/h9-10H,6-8H2,1-5H3,(H2,17,18,22). The topological polar surface area (TPSA) is 106 Å². The number of nitrogens with zero attached hydrogens (tertiary/aromatic N) is 3. The van der Waals surface area contributed by atoms with Crippen LogP contribution in [0.2, 0.25) is 0 Å². The Bertz CT molecular complexity index is 658. The molecule has 2 aromatic rings. The molecule has 2 aromatic heterocycles. The molecule has 0 spiro atoms. The van der Waals surface area contributed by atoms with E-state index in [1.165, 1.54) is 0 Å². The molecular formula is C16H25N5O3. The molecule has 0 aromatic carbocycles. The van der Waals surface area contributed by atoms with Gasteiger partial charge in [0.2, 0.25) is 5.89 Å². The van der Waals surface area contributed by atoms with E-state index in [9.17, 15) is 4.79 Å². The summed E-state index contributed by atoms with van der Waals surface area (Å²) in [5.74, 6) is 2.28. The molecule has 132 valence electrons. The molecule has 0 fully saturated rings. The third kappa shape index (κ3) is 4.56. The number of carbonyl (C=O) groups excluding carboxylic acids is 1. The number of hydrogen-bond acceptors (Lipinski definition) is 6. The van der Waals surface area contributed by atoms with E-state index in [0.717, 1.165) is 23.4 Å². The summed E-state index contributed by atoms with van der Waals surface area (Å²) in [4.78, 5) is 16.3. The monoisotopic (exact) mass is 335 g/mol. The van der Waals surface area contributed by atoms with E-state index >= 15 is 0 Å². The van der Waals surface area contributed by atoms with Crippen molar-refractivity contribution >= 4 is 6.03 Å². The van der Waals surface area contributed by atoms with Crippen LogP contribution in [0.4, 0.5) is 4.79 Å². The summed E-state index contributed by atoms with van der Waals surface area (Å²) < 4.78 is 10.3. The molecule has 8 nitrogen and oxygen atoms in total. The Hall–Kier alpha value is -2.38. The quantitative estimate of drug-likeness (QED) is 0.754. The lowest BCUT2D eigenvalue weighted by Crippen LogP contribution is -2.37. The van der Waals surface area contributed by atoms with Gasteiger partial charge in [-0.1, -0.05) is 24.2 Å². The number of nitrogens with one attached hydrogen (secondary N) is 2. The molecule has 8 heteroatoms. The third-order valence-electron chi connectivity index (χ3n) is 3.72. The molecular weight excluding hydrogens is 310 g/mol. The van der Waals surface area contributed by atoms with Gasteiger partial charge in [-0.15, -0.1) is 0 Å². The van der Waals surface area contributed by atoms with Crippen LogP contribution in [0.15, 0.2) is 9.05 Å². The highest BCUT2D eigenvalue weighted by atomic mass is 16.5. The SMILES string of the molecule is Cc1noc(C)c1C(C)NC(=O)NCCCc1nc(C(C)C)no1. The lowest BCUT2D eigenvalue weighted by atomic mass is 10.1. The van der Waals surface area contributed by atoms with E-state index < -0.39 is 0 Å². The minimum atomic E-state index is -0.226. The van der Waals surface area contributed by atoms with Gasteiger partial charge in [0.1, 0.15) is 5.76 Å². The van der Waals surface area contributed by atoms with Crippen LogP contribution in [0.25, 0.3) is 0 Å². The predicted molar refractivity (Wildman–Crippen MR) is 87.6 cm³/mol. The second kappa shape index (κ2) is 7.94. The average molecular weight is 335 g/mol. The molecule has 0 saturated carbocycles. The van der Waals surface area contributed by atoms with Crippen molar-refractivity contribution in [3.8, 4) is 0 Å². The van der Waals surface area contributed by atoms with E-state index in [-0.39, 0.29) is 18.0 Å². The molecule has 2 heterocycles. The van der Waals surface area contributed by atoms with Crippen molar-refractivity contribution < 1.29 is 13.8 Å². The van der Waals surface area contributed by atoms with Crippen molar-refractivity contribution in [2.75, 3.05) is 6.54 Å². The van der Waals surface area contributed by atoms with Gasteiger partial charge in [0.05, 0.1) is 11.7 Å². The third-order valence-corrected chi connectivity index (χ3v) is 3.72. The maximum atomic E-state index is 12.0. The minimum Gasteiger partial charge on any atom is -0.361 e. The first kappa shape index (κ1) is 18.0. The normalized spacial score (nSPS) is 12.4. The highest BCUT2D eigenvalue weighted by Crippen LogP contribution is 2.20. The van der Waals surface area contributed by atoms with Crippen molar-refractivity contribution in [3.63, 3.8) is 0 Å². The summed E-state index contributed by atoms with van der Waals surface area (Å²) in [6.07, 6.45) is 1.37. The van der Waals surface area contributed by atoms with Crippen LogP contribution in [0.3, 0.4) is 0 Å². The van der Waals surface area contributed by atoms with Crippen molar-refractivity contribution in [1.82, 2.24) is 25.9 Å². The Morgan fingerprint density at radius 2 is 1.92 bits per heavy atom. The molecule has 0 bridgehead atoms. The average Bonchev–Trinajstić information content (AvgIpc) is 3.10. The van der Waals surface area contributed by atoms with Crippen LogP contribution in [-0.4, -0.2) is 27.9 Å². The number of amides is 2. The van der Waals surface area contributed by atoms with E-state index in [2.05, 4.69) is 25.9 Å². The van der Waals surface area contributed by atoms with Gasteiger partial charge in [-0.3, -0.25) is 0 Å². The van der Waals surface area contributed by atoms with Crippen LogP contribution in [0.1, 0.15) is 67.9 Å². The molecule has 0 aliphatic heterocycles. The van der Waals surface area contributed by atoms with Gasteiger partial charge in [0.25, 0.3) is 0 Å². The van der Waals surface area contributed by atoms with Gasteiger partial charge in [-0.25, -0.2) is 4.79 Å². The molecule has 1 unspecified atom stereocenters. The second-order valence-corrected chi connectivity index (χ2v) is 6.16. The summed E-state index contributed by atoms with van der Waals surface area (Å²) in [6, 6.07) is -0.392. The molecule has 2 N–H and O–H groups in total. The molecule has 0 radical (unpaired) electrons. The first-order chi connectivity index (χ1) is 11.4. The van der Waals surface area contributed by atoms with E-state index in [0.29, 0.717) is 24.7 Å². The number of carbonyl (C=O) groups is 1. The lowest BCUT2D eigenvalue weighted by Gasteiger charge is -2.14. The summed E-state index contributed by atoms with van der Waals surface area (Å²) in [6.45, 7) is 10.2. The van der Waals surface area contributed by atoms with Gasteiger partial charge in [0, 0.05) is 24.4 Å². The van der Waals surface area contributed by atoms with Crippen LogP contribution in [0.5, 0.6) is 0 Å². The highest BCUT2D eigenvalue weighted by Gasteiger charge is 2.18. The Morgan fingerprint density at radius 1 is 1.17 bits per heavy atom. The summed E-state index contributed by atoms with van der Waals surface area (Å²) in [5, 5.41) is 13.5. The molecule has 1 atom stereocenters. The second-order valence-electron chi connectivity index (χ2n) is 6.16. The Kier molecular flexibility index (Phi) is 5.94. The Morgan fingerprint density at radius 3 is 2.50 bits per heavy atom. The van der Waals surface area contributed by atoms with Gasteiger partial charge < -0.3 is 19.7 Å². The van der Waals surface area contributed by atoms with Crippen LogP contribution >= 0.6 is 0 Å². The van der Waals surface area contributed by atoms with Gasteiger partial charge in [-0.05, 0) is 27.2 Å². The molecule has 0 saturated heterocycles. The van der Waals surface area contributed by atoms with Crippen molar-refractivity contribution in [2.24, 2.45) is 0 Å². The zero-order chi connectivity index (χ0) is 17.7. The fourth-order valence-electron chi connectivity index (χ4n) is 2.47. The van der Waals surface area contributed by atoms with Gasteiger partial charge >= 0.3 is 6.03 Å². The molecule has 2 rings (SSSR count). The van der Waals surface area contributed by atoms with Crippen LogP contribution < -0.4 is 10.6 Å². The predicted octanol–water partition coefficient (Wildman–Crippen LogP) is 2.79. The number of aryl methyl sites for hydroxylation is 3. The molecule has 2 amide bonds. The fraction of sp³-hybridized carbons (Fsp3) is 0.625. The van der Waals surface area contributed by atoms with Crippen molar-refractivity contribution in [3.05, 3.63) is 28.7 Å². The highest BCUT2D eigenvalue weighted by molar-refractivity contribution is 5.74. The smallest absolute Gasteiger partial charge is 0.315 e. The summed E-state index contributed by atoms with van der Waals surface area (Å²) in [7, 11) is 0. The van der Waals surface area contributed by atoms with E-state index in [1.54, 1.807) is 0 Å². The molecule has 0 aliphatic rings. The first-order valence-electron chi connectivity index (χ1n) is 8.18. The zero-order valence-electron chi connectivity index (χ0n) is 14.8. The van der Waals surface area contributed by atoms with Crippen molar-refractivity contribution in [2.45, 2.75) is 59.4 Å². The van der Waals surface area contributed by atoms with E-state index in [1.807, 2.05) is 34.6 Å². The summed E-state index contributed by atoms with van der Waals surface area (Å²) in [5.41, 5.74) is 1.70. The number of hydrogen-bond donors (Lipinski definition) is 2. The Labute approximate surface area is 141 Å². The molecule has 0 aliphatic carbocycles. The number of aromatic nitrogens is 3. The minimum absolute atomic E-state index is 0.166. The first-order valence-corrected chi connectivity index (χ1v) is 8.18. The van der Waals surface area contributed by atoms with Crippen LogP contribution in [-0.2, 0) is 6.42 Å². The maximum Gasteiger partial charge on any atom is 0.315 e. The van der Waals surface area contributed by atoms with Gasteiger partial charge in [-0.2, -0.15) is 4.98 Å². The Balaban J connectivity index is 1.71.